The van der Waals surface area contributed by atoms with E-state index in [4.69, 9.17) is 0 Å². The first kappa shape index (κ1) is 18.9. The first-order valence-corrected chi connectivity index (χ1v) is 10.2. The molecule has 1 aromatic heterocycles. The van der Waals surface area contributed by atoms with Crippen molar-refractivity contribution in [2.45, 2.75) is 37.7 Å². The average Bonchev–Trinajstić information content (AvgIpc) is 3.16. The molecule has 0 aliphatic heterocycles. The van der Waals surface area contributed by atoms with Gasteiger partial charge in [-0.05, 0) is 84.5 Å². The molecule has 4 aromatic rings. The molecular weight excluding hydrogens is 382 g/mol. The number of aryl methyl sites for hydroxylation is 1. The predicted octanol–water partition coefficient (Wildman–Crippen LogP) is 5.63. The van der Waals surface area contributed by atoms with Gasteiger partial charge >= 0.3 is 0 Å². The lowest BCUT2D eigenvalue weighted by molar-refractivity contribution is 0.0783. The number of hydrogen-bond donors (Lipinski definition) is 1. The minimum absolute atomic E-state index is 0.280. The Kier molecular flexibility index (Phi) is 4.44. The topological polar surface area (TPSA) is 38.1 Å². The van der Waals surface area contributed by atoms with Crippen molar-refractivity contribution in [2.24, 2.45) is 0 Å². The fourth-order valence-electron chi connectivity index (χ4n) is 4.72. The fraction of sp³-hybridized carbons (Fsp3) is 0.240. The summed E-state index contributed by atoms with van der Waals surface area (Å²) >= 11 is 0. The van der Waals surface area contributed by atoms with Crippen molar-refractivity contribution in [2.75, 3.05) is 0 Å². The Morgan fingerprint density at radius 1 is 1.00 bits per heavy atom. The molecule has 0 saturated heterocycles. The zero-order chi connectivity index (χ0) is 20.9. The van der Waals surface area contributed by atoms with Crippen molar-refractivity contribution in [1.29, 1.82) is 0 Å². The van der Waals surface area contributed by atoms with E-state index >= 15 is 0 Å². The molecule has 3 nitrogen and oxygen atoms in total. The maximum absolute atomic E-state index is 13.4. The minimum Gasteiger partial charge on any atom is -0.387 e. The number of rotatable bonds is 3. The predicted molar refractivity (Wildman–Crippen MR) is 113 cm³/mol. The Labute approximate surface area is 173 Å². The van der Waals surface area contributed by atoms with Gasteiger partial charge in [-0.1, -0.05) is 19.1 Å². The first-order chi connectivity index (χ1) is 14.5. The van der Waals surface area contributed by atoms with Gasteiger partial charge in [-0.2, -0.15) is 5.10 Å². The van der Waals surface area contributed by atoms with Gasteiger partial charge in [0.05, 0.1) is 23.5 Å². The monoisotopic (exact) mass is 404 g/mol. The molecule has 0 bridgehead atoms. The van der Waals surface area contributed by atoms with Crippen molar-refractivity contribution in [3.8, 4) is 5.69 Å². The lowest BCUT2D eigenvalue weighted by Crippen LogP contribution is -2.34. The van der Waals surface area contributed by atoms with Gasteiger partial charge in [0.1, 0.15) is 11.6 Å². The summed E-state index contributed by atoms with van der Waals surface area (Å²) < 4.78 is 28.5. The van der Waals surface area contributed by atoms with Crippen molar-refractivity contribution >= 4 is 10.9 Å². The van der Waals surface area contributed by atoms with E-state index < -0.39 is 11.5 Å². The first-order valence-electron chi connectivity index (χ1n) is 10.2. The molecule has 0 fully saturated rings. The maximum Gasteiger partial charge on any atom is 0.123 e. The van der Waals surface area contributed by atoms with Crippen molar-refractivity contribution in [1.82, 2.24) is 9.78 Å². The van der Waals surface area contributed by atoms with Gasteiger partial charge in [-0.3, -0.25) is 0 Å². The van der Waals surface area contributed by atoms with E-state index in [0.717, 1.165) is 41.4 Å². The van der Waals surface area contributed by atoms with E-state index in [1.807, 2.05) is 4.68 Å². The van der Waals surface area contributed by atoms with E-state index in [2.05, 4.69) is 24.2 Å². The smallest absolute Gasteiger partial charge is 0.123 e. The van der Waals surface area contributed by atoms with Gasteiger partial charge in [0.25, 0.3) is 0 Å². The summed E-state index contributed by atoms with van der Waals surface area (Å²) in [7, 11) is 0. The van der Waals surface area contributed by atoms with Crippen LogP contribution in [-0.4, -0.2) is 14.9 Å². The van der Waals surface area contributed by atoms with Gasteiger partial charge in [-0.15, -0.1) is 0 Å². The van der Waals surface area contributed by atoms with Crippen LogP contribution in [0.1, 0.15) is 42.6 Å². The quantitative estimate of drug-likeness (QED) is 0.480. The van der Waals surface area contributed by atoms with E-state index in [1.54, 1.807) is 30.5 Å². The van der Waals surface area contributed by atoms with Crippen LogP contribution < -0.4 is 0 Å². The molecule has 152 valence electrons. The molecule has 2 atom stereocenters. The molecule has 3 aromatic carbocycles. The minimum atomic E-state index is -0.734. The SMILES string of the molecule is C[C@]1([C@H](O)c2ccc(F)cc2)CCCc2cc3c(cnn3-c3ccc(F)cc3)cc21. The summed E-state index contributed by atoms with van der Waals surface area (Å²) in [6, 6.07) is 16.6. The van der Waals surface area contributed by atoms with Crippen LogP contribution in [0.5, 0.6) is 0 Å². The third-order valence-corrected chi connectivity index (χ3v) is 6.41. The summed E-state index contributed by atoms with van der Waals surface area (Å²) in [4.78, 5) is 0. The molecule has 1 aliphatic carbocycles. The van der Waals surface area contributed by atoms with Crippen LogP contribution in [0.4, 0.5) is 8.78 Å². The molecule has 0 amide bonds. The Morgan fingerprint density at radius 3 is 2.37 bits per heavy atom. The molecule has 5 heteroatoms. The van der Waals surface area contributed by atoms with Crippen molar-refractivity contribution in [3.63, 3.8) is 0 Å². The lowest BCUT2D eigenvalue weighted by atomic mass is 9.66. The van der Waals surface area contributed by atoms with Gasteiger partial charge in [0.15, 0.2) is 0 Å². The number of aliphatic hydroxyl groups excluding tert-OH is 1. The molecule has 0 spiro atoms. The third kappa shape index (κ3) is 3.01. The summed E-state index contributed by atoms with van der Waals surface area (Å²) in [5.41, 5.74) is 4.29. The van der Waals surface area contributed by atoms with Crippen molar-refractivity contribution in [3.05, 3.63) is 95.2 Å². The fourth-order valence-corrected chi connectivity index (χ4v) is 4.72. The molecule has 0 unspecified atom stereocenters. The number of aliphatic hydroxyl groups is 1. The molecule has 30 heavy (non-hydrogen) atoms. The standard InChI is InChI=1S/C25H22F2N2O/c1-25(24(30)16-4-6-19(26)7-5-16)12-2-3-17-14-23-18(13-22(17)25)15-28-29(23)21-10-8-20(27)9-11-21/h4-11,13-15,24,30H,2-3,12H2,1H3/t24-,25+/m1/s1. The maximum atomic E-state index is 13.4. The molecule has 1 aliphatic rings. The Morgan fingerprint density at radius 2 is 1.67 bits per heavy atom. The average molecular weight is 404 g/mol. The molecule has 5 rings (SSSR count). The largest absolute Gasteiger partial charge is 0.387 e. The summed E-state index contributed by atoms with van der Waals surface area (Å²) in [5, 5.41) is 16.7. The Hall–Kier alpha value is -3.05. The van der Waals surface area contributed by atoms with Crippen LogP contribution in [0.15, 0.2) is 66.9 Å². The van der Waals surface area contributed by atoms with Crippen LogP contribution in [0.3, 0.4) is 0 Å². The highest BCUT2D eigenvalue weighted by molar-refractivity contribution is 5.82. The number of benzene rings is 3. The van der Waals surface area contributed by atoms with E-state index in [-0.39, 0.29) is 11.6 Å². The zero-order valence-corrected chi connectivity index (χ0v) is 16.6. The second-order valence-electron chi connectivity index (χ2n) is 8.33. The van der Waals surface area contributed by atoms with E-state index in [0.29, 0.717) is 5.56 Å². The van der Waals surface area contributed by atoms with Gasteiger partial charge in [0.2, 0.25) is 0 Å². The second kappa shape index (κ2) is 7.03. The Bertz CT molecular complexity index is 1210. The summed E-state index contributed by atoms with van der Waals surface area (Å²) in [6.07, 6.45) is 3.79. The van der Waals surface area contributed by atoms with Crippen LogP contribution >= 0.6 is 0 Å². The Balaban J connectivity index is 1.61. The highest BCUT2D eigenvalue weighted by Crippen LogP contribution is 2.47. The molecule has 1 N–H and O–H groups in total. The lowest BCUT2D eigenvalue weighted by Gasteiger charge is -2.40. The summed E-state index contributed by atoms with van der Waals surface area (Å²) in [6.45, 7) is 2.08. The number of hydrogen-bond acceptors (Lipinski definition) is 2. The molecule has 0 saturated carbocycles. The third-order valence-electron chi connectivity index (χ3n) is 6.41. The zero-order valence-electron chi connectivity index (χ0n) is 16.6. The van der Waals surface area contributed by atoms with Crippen LogP contribution in [0.2, 0.25) is 0 Å². The van der Waals surface area contributed by atoms with Gasteiger partial charge in [0, 0.05) is 10.8 Å². The number of halogens is 2. The number of nitrogens with zero attached hydrogens (tertiary/aromatic N) is 2. The molecule has 0 radical (unpaired) electrons. The van der Waals surface area contributed by atoms with E-state index in [9.17, 15) is 13.9 Å². The molecule has 1 heterocycles. The second-order valence-corrected chi connectivity index (χ2v) is 8.33. The molecular formula is C25H22F2N2O. The van der Waals surface area contributed by atoms with E-state index in [1.165, 1.54) is 29.8 Å². The summed E-state index contributed by atoms with van der Waals surface area (Å²) in [5.74, 6) is -0.590. The van der Waals surface area contributed by atoms with Crippen LogP contribution in [0.25, 0.3) is 16.6 Å². The highest BCUT2D eigenvalue weighted by atomic mass is 19.1. The van der Waals surface area contributed by atoms with Crippen molar-refractivity contribution < 1.29 is 13.9 Å². The normalized spacial score (nSPS) is 19.6. The van der Waals surface area contributed by atoms with Gasteiger partial charge in [-0.25, -0.2) is 13.5 Å². The number of fused-ring (bicyclic) bond motifs is 2. The number of aromatic nitrogens is 2. The highest BCUT2D eigenvalue weighted by Gasteiger charge is 2.39. The van der Waals surface area contributed by atoms with Crippen LogP contribution in [-0.2, 0) is 11.8 Å². The van der Waals surface area contributed by atoms with Crippen LogP contribution in [0, 0.1) is 11.6 Å². The van der Waals surface area contributed by atoms with Gasteiger partial charge < -0.3 is 5.11 Å².